The Balaban J connectivity index is 2.99. The van der Waals surface area contributed by atoms with Gasteiger partial charge in [-0.05, 0) is 12.3 Å². The van der Waals surface area contributed by atoms with Crippen molar-refractivity contribution in [2.24, 2.45) is 0 Å². The summed E-state index contributed by atoms with van der Waals surface area (Å²) in [6.07, 6.45) is 18.5. The molecule has 0 aromatic carbocycles. The predicted molar refractivity (Wildman–Crippen MR) is 70.3 cm³/mol. The molecule has 0 radical (unpaired) electrons. The number of carbonyl (C=O) groups is 1. The van der Waals surface area contributed by atoms with Gasteiger partial charge in [-0.25, -0.2) is 0 Å². The number of hydrogen-bond acceptors (Lipinski definition) is 1. The lowest BCUT2D eigenvalue weighted by atomic mass is 10.1. The highest BCUT2D eigenvalue weighted by atomic mass is 16.1. The molecular formula is C15H26O. The van der Waals surface area contributed by atoms with Crippen LogP contribution in [0, 0.1) is 12.3 Å². The Bertz CT molecular complexity index is 200. The Morgan fingerprint density at radius 1 is 0.875 bits per heavy atom. The smallest absolute Gasteiger partial charge is 0.205 e. The monoisotopic (exact) mass is 222 g/mol. The lowest BCUT2D eigenvalue weighted by Gasteiger charge is -2.01. The van der Waals surface area contributed by atoms with Crippen molar-refractivity contribution in [3.63, 3.8) is 0 Å². The molecule has 0 atom stereocenters. The van der Waals surface area contributed by atoms with Gasteiger partial charge in [0.25, 0.3) is 0 Å². The molecule has 0 spiro atoms. The summed E-state index contributed by atoms with van der Waals surface area (Å²) in [4.78, 5) is 10.8. The van der Waals surface area contributed by atoms with E-state index in [9.17, 15) is 4.79 Å². The van der Waals surface area contributed by atoms with Crippen LogP contribution < -0.4 is 0 Å². The molecule has 0 N–H and O–H groups in total. The summed E-state index contributed by atoms with van der Waals surface area (Å²) in [6.45, 7) is 2.25. The highest BCUT2D eigenvalue weighted by Crippen LogP contribution is 2.11. The van der Waals surface area contributed by atoms with Crippen molar-refractivity contribution >= 4 is 5.78 Å². The van der Waals surface area contributed by atoms with E-state index in [4.69, 9.17) is 6.42 Å². The minimum Gasteiger partial charge on any atom is -0.285 e. The molecule has 92 valence electrons. The molecule has 0 aliphatic heterocycles. The number of Topliss-reactive ketones (excluding diaryl/α,β-unsaturated/α-hetero) is 1. The molecule has 1 nitrogen and oxygen atoms in total. The number of rotatable bonds is 11. The fraction of sp³-hybridized carbons (Fsp3) is 0.800. The van der Waals surface area contributed by atoms with Gasteiger partial charge >= 0.3 is 0 Å². The van der Waals surface area contributed by atoms with Gasteiger partial charge in [0.15, 0.2) is 0 Å². The van der Waals surface area contributed by atoms with Gasteiger partial charge in [-0.3, -0.25) is 4.79 Å². The maximum Gasteiger partial charge on any atom is 0.205 e. The van der Waals surface area contributed by atoms with Gasteiger partial charge < -0.3 is 0 Å². The second-order valence-corrected chi connectivity index (χ2v) is 4.50. The quantitative estimate of drug-likeness (QED) is 0.286. The number of terminal acetylenes is 1. The van der Waals surface area contributed by atoms with E-state index in [-0.39, 0.29) is 5.78 Å². The Morgan fingerprint density at radius 2 is 1.31 bits per heavy atom. The Labute approximate surface area is 101 Å². The van der Waals surface area contributed by atoms with Crippen LogP contribution in [0.4, 0.5) is 0 Å². The summed E-state index contributed by atoms with van der Waals surface area (Å²) in [6, 6.07) is 0. The molecule has 16 heavy (non-hydrogen) atoms. The van der Waals surface area contributed by atoms with Crippen molar-refractivity contribution in [2.75, 3.05) is 0 Å². The van der Waals surface area contributed by atoms with Gasteiger partial charge in [0.2, 0.25) is 5.78 Å². The first-order valence-electron chi connectivity index (χ1n) is 6.80. The zero-order chi connectivity index (χ0) is 12.1. The molecule has 0 fully saturated rings. The van der Waals surface area contributed by atoms with Gasteiger partial charge in [-0.15, -0.1) is 6.42 Å². The van der Waals surface area contributed by atoms with E-state index in [1.165, 1.54) is 51.4 Å². The molecule has 1 heteroatoms. The lowest BCUT2D eigenvalue weighted by Crippen LogP contribution is -1.92. The minimum absolute atomic E-state index is 0.0421. The van der Waals surface area contributed by atoms with E-state index < -0.39 is 0 Å². The van der Waals surface area contributed by atoms with Crippen LogP contribution in [0.5, 0.6) is 0 Å². The third kappa shape index (κ3) is 11.3. The molecule has 0 heterocycles. The Kier molecular flexibility index (Phi) is 11.7. The first kappa shape index (κ1) is 15.2. The third-order valence-corrected chi connectivity index (χ3v) is 2.92. The molecule has 0 rings (SSSR count). The number of carbonyl (C=O) groups excluding carboxylic acids is 1. The number of hydrogen-bond donors (Lipinski definition) is 0. The third-order valence-electron chi connectivity index (χ3n) is 2.92. The molecule has 0 aromatic heterocycles. The van der Waals surface area contributed by atoms with Crippen molar-refractivity contribution in [1.82, 2.24) is 0 Å². The van der Waals surface area contributed by atoms with Gasteiger partial charge in [0.1, 0.15) is 0 Å². The van der Waals surface area contributed by atoms with E-state index in [0.717, 1.165) is 12.8 Å². The lowest BCUT2D eigenvalue weighted by molar-refractivity contribution is -0.113. The van der Waals surface area contributed by atoms with Crippen LogP contribution in [0.1, 0.15) is 77.6 Å². The van der Waals surface area contributed by atoms with E-state index in [2.05, 4.69) is 12.8 Å². The largest absolute Gasteiger partial charge is 0.285 e. The van der Waals surface area contributed by atoms with Crippen LogP contribution in [0.2, 0.25) is 0 Å². The zero-order valence-electron chi connectivity index (χ0n) is 10.8. The molecule has 0 saturated heterocycles. The summed E-state index contributed by atoms with van der Waals surface area (Å²) in [5, 5.41) is 0. The fourth-order valence-electron chi connectivity index (χ4n) is 1.85. The zero-order valence-corrected chi connectivity index (χ0v) is 10.8. The second kappa shape index (κ2) is 12.3. The van der Waals surface area contributed by atoms with E-state index >= 15 is 0 Å². The first-order chi connectivity index (χ1) is 7.81. The van der Waals surface area contributed by atoms with Crippen LogP contribution in [0.25, 0.3) is 0 Å². The first-order valence-corrected chi connectivity index (χ1v) is 6.80. The summed E-state index contributed by atoms with van der Waals surface area (Å²) in [5.41, 5.74) is 0. The normalized spacial score (nSPS) is 10.0. The second-order valence-electron chi connectivity index (χ2n) is 4.50. The molecule has 0 amide bonds. The average Bonchev–Trinajstić information content (AvgIpc) is 2.31. The van der Waals surface area contributed by atoms with Gasteiger partial charge in [0, 0.05) is 6.42 Å². The fourth-order valence-corrected chi connectivity index (χ4v) is 1.85. The molecular weight excluding hydrogens is 196 g/mol. The van der Waals surface area contributed by atoms with Crippen molar-refractivity contribution in [3.05, 3.63) is 0 Å². The molecule has 0 bridgehead atoms. The molecule has 0 unspecified atom stereocenters. The summed E-state index contributed by atoms with van der Waals surface area (Å²) >= 11 is 0. The van der Waals surface area contributed by atoms with Crippen LogP contribution in [0.3, 0.4) is 0 Å². The summed E-state index contributed by atoms with van der Waals surface area (Å²) in [7, 11) is 0. The molecule has 0 aliphatic carbocycles. The Hall–Kier alpha value is -0.770. The van der Waals surface area contributed by atoms with Crippen molar-refractivity contribution in [3.8, 4) is 12.3 Å². The van der Waals surface area contributed by atoms with Crippen molar-refractivity contribution < 1.29 is 4.79 Å². The Morgan fingerprint density at radius 3 is 1.75 bits per heavy atom. The number of unbranched alkanes of at least 4 members (excludes halogenated alkanes) is 9. The SMILES string of the molecule is C#CC(=O)CCCCCCCCCCCC. The maximum atomic E-state index is 10.8. The minimum atomic E-state index is -0.0421. The van der Waals surface area contributed by atoms with Gasteiger partial charge in [-0.1, -0.05) is 64.7 Å². The van der Waals surface area contributed by atoms with Gasteiger partial charge in [0.05, 0.1) is 0 Å². The molecule has 0 saturated carbocycles. The van der Waals surface area contributed by atoms with Crippen LogP contribution in [-0.4, -0.2) is 5.78 Å². The van der Waals surface area contributed by atoms with Gasteiger partial charge in [-0.2, -0.15) is 0 Å². The maximum absolute atomic E-state index is 10.8. The highest BCUT2D eigenvalue weighted by Gasteiger charge is 1.96. The van der Waals surface area contributed by atoms with Crippen LogP contribution in [-0.2, 0) is 4.79 Å². The van der Waals surface area contributed by atoms with Crippen LogP contribution in [0.15, 0.2) is 0 Å². The standard InChI is InChI=1S/C15H26O/c1-3-5-6-7-8-9-10-11-12-13-14-15(16)4-2/h2H,3,5-14H2,1H3. The predicted octanol–water partition coefficient (Wildman–Crippen LogP) is 4.50. The van der Waals surface area contributed by atoms with E-state index in [1.807, 2.05) is 0 Å². The van der Waals surface area contributed by atoms with Crippen LogP contribution >= 0.6 is 0 Å². The summed E-state index contributed by atoms with van der Waals surface area (Å²) in [5.74, 6) is 2.11. The summed E-state index contributed by atoms with van der Waals surface area (Å²) < 4.78 is 0. The molecule has 0 aromatic rings. The average molecular weight is 222 g/mol. The van der Waals surface area contributed by atoms with E-state index in [0.29, 0.717) is 6.42 Å². The highest BCUT2D eigenvalue weighted by molar-refractivity contribution is 5.94. The van der Waals surface area contributed by atoms with Crippen molar-refractivity contribution in [2.45, 2.75) is 77.6 Å². The topological polar surface area (TPSA) is 17.1 Å². The molecule has 0 aliphatic rings. The van der Waals surface area contributed by atoms with E-state index in [1.54, 1.807) is 0 Å². The van der Waals surface area contributed by atoms with Crippen molar-refractivity contribution in [1.29, 1.82) is 0 Å². The number of ketones is 1.